The summed E-state index contributed by atoms with van der Waals surface area (Å²) in [5.41, 5.74) is 19.7. The fourth-order valence-corrected chi connectivity index (χ4v) is 14.8. The standard InChI is InChI=1S/C80H48S/c1-7-19-49(20-8-1)65-45-67(51-23-11-3-12-24-51)59-37-39-63-71(47-69(53-27-15-5-16-28-53)61-35-33-57(65)77(59)79(61)63)55-31-41-75-73(43-55)74-44-56(32-42-76(74)81-75)72-48-70(54-29-17-6-18-30-54)62-36-34-58-66(50-21-9-2-10-22-50)46-68(52-25-13-4-14-26-52)60-38-40-64(72)80(62)78(58)60/h1-48H. The lowest BCUT2D eigenvalue weighted by molar-refractivity contribution is 1.63. The van der Waals surface area contributed by atoms with E-state index in [1.165, 1.54) is 174 Å². The summed E-state index contributed by atoms with van der Waals surface area (Å²) in [4.78, 5) is 0. The van der Waals surface area contributed by atoms with Gasteiger partial charge in [-0.2, -0.15) is 0 Å². The molecule has 0 amide bonds. The van der Waals surface area contributed by atoms with Gasteiger partial charge < -0.3 is 0 Å². The van der Waals surface area contributed by atoms with Crippen molar-refractivity contribution in [2.24, 2.45) is 0 Å². The molecule has 1 heterocycles. The van der Waals surface area contributed by atoms with Crippen LogP contribution in [0.3, 0.4) is 0 Å². The highest BCUT2D eigenvalue weighted by atomic mass is 32.1. The second-order valence-electron chi connectivity index (χ2n) is 21.7. The molecular formula is C80H48S. The lowest BCUT2D eigenvalue weighted by Gasteiger charge is -2.21. The smallest absolute Gasteiger partial charge is 0.0355 e. The number of benzene rings is 16. The highest BCUT2D eigenvalue weighted by Gasteiger charge is 2.24. The second-order valence-corrected chi connectivity index (χ2v) is 22.8. The van der Waals surface area contributed by atoms with E-state index in [0.717, 1.165) is 0 Å². The van der Waals surface area contributed by atoms with Crippen molar-refractivity contribution in [3.63, 3.8) is 0 Å². The summed E-state index contributed by atoms with van der Waals surface area (Å²) < 4.78 is 2.57. The predicted molar refractivity (Wildman–Crippen MR) is 350 cm³/mol. The van der Waals surface area contributed by atoms with Crippen molar-refractivity contribution in [2.75, 3.05) is 0 Å². The molecule has 17 aromatic rings. The molecular weight excluding hydrogens is 993 g/mol. The molecule has 0 spiro atoms. The van der Waals surface area contributed by atoms with Gasteiger partial charge in [-0.05, 0) is 202 Å². The molecule has 1 heteroatoms. The fraction of sp³-hybridized carbons (Fsp3) is 0. The van der Waals surface area contributed by atoms with E-state index in [1.54, 1.807) is 0 Å². The molecule has 0 saturated carbocycles. The predicted octanol–water partition coefficient (Wildman–Crippen LogP) is 23.2. The Labute approximate surface area is 473 Å². The van der Waals surface area contributed by atoms with E-state index in [4.69, 9.17) is 0 Å². The van der Waals surface area contributed by atoms with Crippen molar-refractivity contribution < 1.29 is 0 Å². The van der Waals surface area contributed by atoms with Crippen LogP contribution >= 0.6 is 11.3 Å². The van der Waals surface area contributed by atoms with Gasteiger partial charge in [0.25, 0.3) is 0 Å². The molecule has 0 saturated heterocycles. The van der Waals surface area contributed by atoms with E-state index in [9.17, 15) is 0 Å². The molecule has 0 fully saturated rings. The first-order valence-corrected chi connectivity index (χ1v) is 28.9. The maximum Gasteiger partial charge on any atom is 0.0355 e. The Balaban J connectivity index is 0.913. The van der Waals surface area contributed by atoms with Crippen molar-refractivity contribution in [1.29, 1.82) is 0 Å². The van der Waals surface area contributed by atoms with Gasteiger partial charge in [0.1, 0.15) is 0 Å². The molecule has 17 rings (SSSR count). The van der Waals surface area contributed by atoms with Gasteiger partial charge in [-0.25, -0.2) is 0 Å². The highest BCUT2D eigenvalue weighted by molar-refractivity contribution is 7.25. The summed E-state index contributed by atoms with van der Waals surface area (Å²) in [5.74, 6) is 0. The van der Waals surface area contributed by atoms with Crippen LogP contribution < -0.4 is 0 Å². The maximum atomic E-state index is 2.49. The fourth-order valence-electron chi connectivity index (χ4n) is 13.7. The molecule has 1 aromatic heterocycles. The van der Waals surface area contributed by atoms with Gasteiger partial charge in [-0.1, -0.05) is 243 Å². The Morgan fingerprint density at radius 2 is 0.346 bits per heavy atom. The zero-order valence-corrected chi connectivity index (χ0v) is 44.9. The molecule has 0 aliphatic rings. The van der Waals surface area contributed by atoms with Gasteiger partial charge in [0.05, 0.1) is 0 Å². The van der Waals surface area contributed by atoms with Gasteiger partial charge in [-0.3, -0.25) is 0 Å². The Morgan fingerprint density at radius 3 is 0.556 bits per heavy atom. The number of fused-ring (bicyclic) bond motifs is 3. The quantitative estimate of drug-likeness (QED) is 0.133. The average molecular weight is 1040 g/mol. The van der Waals surface area contributed by atoms with Crippen molar-refractivity contribution >= 4 is 96.1 Å². The molecule has 81 heavy (non-hydrogen) atoms. The molecule has 0 nitrogen and oxygen atoms in total. The average Bonchev–Trinajstić information content (AvgIpc) is 4.06. The lowest BCUT2D eigenvalue weighted by atomic mass is 9.81. The van der Waals surface area contributed by atoms with E-state index in [1.807, 2.05) is 11.3 Å². The molecule has 374 valence electrons. The minimum absolute atomic E-state index is 1.21. The number of rotatable bonds is 8. The highest BCUT2D eigenvalue weighted by Crippen LogP contribution is 2.52. The second kappa shape index (κ2) is 18.2. The Morgan fingerprint density at radius 1 is 0.148 bits per heavy atom. The summed E-state index contributed by atoms with van der Waals surface area (Å²) in [6.07, 6.45) is 0. The van der Waals surface area contributed by atoms with E-state index >= 15 is 0 Å². The van der Waals surface area contributed by atoms with E-state index in [-0.39, 0.29) is 0 Å². The van der Waals surface area contributed by atoms with Crippen LogP contribution in [-0.4, -0.2) is 0 Å². The third-order valence-electron chi connectivity index (χ3n) is 17.4. The van der Waals surface area contributed by atoms with Crippen molar-refractivity contribution in [1.82, 2.24) is 0 Å². The monoisotopic (exact) mass is 1040 g/mol. The van der Waals surface area contributed by atoms with Crippen LogP contribution in [0.5, 0.6) is 0 Å². The van der Waals surface area contributed by atoms with Crippen LogP contribution in [0.2, 0.25) is 0 Å². The van der Waals surface area contributed by atoms with Crippen molar-refractivity contribution in [2.45, 2.75) is 0 Å². The third kappa shape index (κ3) is 7.16. The van der Waals surface area contributed by atoms with Crippen LogP contribution in [0.15, 0.2) is 291 Å². The topological polar surface area (TPSA) is 0 Å². The summed E-state index contributed by atoms with van der Waals surface area (Å²) in [7, 11) is 0. The molecule has 0 aliphatic heterocycles. The minimum Gasteiger partial charge on any atom is -0.135 e. The molecule has 0 unspecified atom stereocenters. The summed E-state index contributed by atoms with van der Waals surface area (Å²) in [5, 5.41) is 17.9. The first-order valence-electron chi connectivity index (χ1n) is 28.1. The van der Waals surface area contributed by atoms with E-state index in [0.29, 0.717) is 0 Å². The van der Waals surface area contributed by atoms with Gasteiger partial charge >= 0.3 is 0 Å². The van der Waals surface area contributed by atoms with Crippen molar-refractivity contribution in [3.05, 3.63) is 291 Å². The molecule has 0 radical (unpaired) electrons. The van der Waals surface area contributed by atoms with Gasteiger partial charge in [0.2, 0.25) is 0 Å². The van der Waals surface area contributed by atoms with Crippen LogP contribution in [0.1, 0.15) is 0 Å². The molecule has 0 bridgehead atoms. The molecule has 0 atom stereocenters. The van der Waals surface area contributed by atoms with Gasteiger partial charge in [-0.15, -0.1) is 11.3 Å². The largest absolute Gasteiger partial charge is 0.135 e. The Bertz CT molecular complexity index is 4820. The van der Waals surface area contributed by atoms with Crippen LogP contribution in [0.25, 0.3) is 174 Å². The SMILES string of the molecule is c1ccc(-c2cc(-c3ccccc3)c3ccc4c(-c5ccc6sc7ccc(-c8cc(-c9ccccc9)c9ccc%10c(-c%11ccccc%11)cc(-c%11ccccc%11)c%11ccc8c9c%10%11)cc7c6c5)cc(-c5ccccc5)c5ccc2c3c54)cc1. The van der Waals surface area contributed by atoms with Gasteiger partial charge in [0, 0.05) is 20.2 Å². The van der Waals surface area contributed by atoms with Crippen LogP contribution in [0, 0.1) is 0 Å². The molecule has 0 aliphatic carbocycles. The Hall–Kier alpha value is -10.2. The van der Waals surface area contributed by atoms with E-state index in [2.05, 4.69) is 291 Å². The number of hydrogen-bond acceptors (Lipinski definition) is 1. The zero-order chi connectivity index (χ0) is 53.1. The molecule has 0 N–H and O–H groups in total. The van der Waals surface area contributed by atoms with Crippen LogP contribution in [0.4, 0.5) is 0 Å². The zero-order valence-electron chi connectivity index (χ0n) is 44.1. The summed E-state index contributed by atoms with van der Waals surface area (Å²) in [6, 6.07) is 109. The first-order chi connectivity index (χ1) is 40.2. The summed E-state index contributed by atoms with van der Waals surface area (Å²) in [6.45, 7) is 0. The maximum absolute atomic E-state index is 2.49. The lowest BCUT2D eigenvalue weighted by Crippen LogP contribution is -1.94. The summed E-state index contributed by atoms with van der Waals surface area (Å²) >= 11 is 1.89. The van der Waals surface area contributed by atoms with Gasteiger partial charge in [0.15, 0.2) is 0 Å². The third-order valence-corrected chi connectivity index (χ3v) is 18.5. The number of thiophene rings is 1. The molecule has 16 aromatic carbocycles. The van der Waals surface area contributed by atoms with Crippen LogP contribution in [-0.2, 0) is 0 Å². The normalized spacial score (nSPS) is 12.0. The number of hydrogen-bond donors (Lipinski definition) is 0. The van der Waals surface area contributed by atoms with E-state index < -0.39 is 0 Å². The Kier molecular flexibility index (Phi) is 10.3. The first kappa shape index (κ1) is 45.8. The minimum atomic E-state index is 1.21. The van der Waals surface area contributed by atoms with Crippen molar-refractivity contribution in [3.8, 4) is 89.0 Å².